The van der Waals surface area contributed by atoms with Crippen LogP contribution >= 0.6 is 0 Å². The van der Waals surface area contributed by atoms with E-state index >= 15 is 0 Å². The lowest BCUT2D eigenvalue weighted by Gasteiger charge is -2.28. The van der Waals surface area contributed by atoms with Crippen molar-refractivity contribution in [1.82, 2.24) is 0 Å². The van der Waals surface area contributed by atoms with Crippen LogP contribution < -0.4 is 31.1 Å². The predicted molar refractivity (Wildman–Crippen MR) is 360 cm³/mol. The minimum atomic E-state index is -0.0328. The Morgan fingerprint density at radius 2 is 0.329 bits per heavy atom. The number of rotatable bonds is 30. The summed E-state index contributed by atoms with van der Waals surface area (Å²) < 4.78 is 0. The van der Waals surface area contributed by atoms with Gasteiger partial charge in [0.2, 0.25) is 6.71 Å². The Labute approximate surface area is 495 Å². The normalized spacial score (nSPS) is 11.2. The Morgan fingerprint density at radius 3 is 0.463 bits per heavy atom. The van der Waals surface area contributed by atoms with Gasteiger partial charge in [0.25, 0.3) is 0 Å². The van der Waals surface area contributed by atoms with Crippen molar-refractivity contribution in [3.63, 3.8) is 0 Å². The van der Waals surface area contributed by atoms with Crippen molar-refractivity contribution in [3.8, 4) is 0 Å². The Hall–Kier alpha value is -7.56. The van der Waals surface area contributed by atoms with Crippen molar-refractivity contribution in [2.45, 2.75) is 157 Å². The number of hydrogen-bond acceptors (Lipinski definition) is 3. The molecule has 0 atom stereocenters. The second-order valence-electron chi connectivity index (χ2n) is 22.8. The lowest BCUT2D eigenvalue weighted by Crippen LogP contribution is -2.52. The van der Waals surface area contributed by atoms with Gasteiger partial charge < -0.3 is 14.7 Å². The molecule has 9 rings (SSSR count). The molecular formula is C78H90BN3. The van der Waals surface area contributed by atoms with Gasteiger partial charge in [0, 0.05) is 51.2 Å². The van der Waals surface area contributed by atoms with Gasteiger partial charge in [-0.3, -0.25) is 0 Å². The largest absolute Gasteiger partial charge is 0.311 e. The zero-order chi connectivity index (χ0) is 56.9. The topological polar surface area (TPSA) is 9.72 Å². The second kappa shape index (κ2) is 30.5. The molecule has 0 fully saturated rings. The SMILES string of the molecule is CCCCc1ccc(N(c2ccc(CCCC)cc2)c2ccc(B(c3ccc(N(c4ccc(CCCC)cc4)c4ccc(CCCC)cc4)cc3)c3ccc(N(c4ccc(CCCC)cc4)c4ccc(CCCC)cc4)cc3)cc2)cc1. The van der Waals surface area contributed by atoms with Gasteiger partial charge in [-0.1, -0.05) is 206 Å². The van der Waals surface area contributed by atoms with E-state index in [0.717, 1.165) is 55.6 Å². The maximum Gasteiger partial charge on any atom is 0.241 e. The first-order chi connectivity index (χ1) is 40.4. The third-order valence-electron chi connectivity index (χ3n) is 16.5. The zero-order valence-corrected chi connectivity index (χ0v) is 50.4. The molecule has 82 heavy (non-hydrogen) atoms. The number of aryl methyl sites for hydroxylation is 6. The number of anilines is 9. The Balaban J connectivity index is 1.12. The van der Waals surface area contributed by atoms with Crippen molar-refractivity contribution in [2.75, 3.05) is 14.7 Å². The number of benzene rings is 9. The summed E-state index contributed by atoms with van der Waals surface area (Å²) in [6, 6.07) is 83.9. The molecule has 3 nitrogen and oxygen atoms in total. The standard InChI is InChI=1S/C78H90BN3/c1-7-13-19-61-25-43-70(44-26-61)80(71-45-27-62(28-46-71)20-14-8-2)76-55-37-67(38-56-76)79(68-39-57-77(58-40-68)81(72-47-29-63(30-48-72)21-15-9-3)73-49-31-64(32-50-73)22-16-10-4)69-41-59-78(60-42-69)82(74-51-33-65(34-52-74)23-17-11-5)75-53-35-66(36-54-75)24-18-12-6/h25-60H,7-24H2,1-6H3. The smallest absolute Gasteiger partial charge is 0.241 e. The lowest BCUT2D eigenvalue weighted by atomic mass is 9.37. The molecule has 0 aliphatic carbocycles. The van der Waals surface area contributed by atoms with Gasteiger partial charge in [0.05, 0.1) is 0 Å². The highest BCUT2D eigenvalue weighted by Crippen LogP contribution is 2.38. The second-order valence-corrected chi connectivity index (χ2v) is 22.8. The molecule has 4 heteroatoms. The number of hydrogen-bond donors (Lipinski definition) is 0. The fourth-order valence-electron chi connectivity index (χ4n) is 11.5. The van der Waals surface area contributed by atoms with Crippen molar-refractivity contribution in [2.24, 2.45) is 0 Å². The van der Waals surface area contributed by atoms with Crippen LogP contribution in [0.5, 0.6) is 0 Å². The van der Waals surface area contributed by atoms with Gasteiger partial charge >= 0.3 is 0 Å². The fraction of sp³-hybridized carbons (Fsp3) is 0.308. The van der Waals surface area contributed by atoms with E-state index in [4.69, 9.17) is 0 Å². The molecule has 9 aromatic carbocycles. The number of nitrogens with zero attached hydrogens (tertiary/aromatic N) is 3. The van der Waals surface area contributed by atoms with Gasteiger partial charge in [-0.05, 0) is 220 Å². The molecule has 9 aromatic rings. The molecule has 0 spiro atoms. The summed E-state index contributed by atoms with van der Waals surface area (Å²) in [6.45, 7) is 13.6. The van der Waals surface area contributed by atoms with E-state index in [0.29, 0.717) is 0 Å². The molecule has 0 aromatic heterocycles. The van der Waals surface area contributed by atoms with Crippen molar-refractivity contribution < 1.29 is 0 Å². The van der Waals surface area contributed by atoms with E-state index in [1.165, 1.54) is 161 Å². The first-order valence-corrected chi connectivity index (χ1v) is 31.6. The highest BCUT2D eigenvalue weighted by atomic mass is 15.2. The summed E-state index contributed by atoms with van der Waals surface area (Å²) in [4.78, 5) is 7.29. The van der Waals surface area contributed by atoms with E-state index in [9.17, 15) is 0 Å². The molecule has 0 aliphatic rings. The van der Waals surface area contributed by atoms with Crippen LogP contribution in [0.4, 0.5) is 51.2 Å². The molecule has 0 bridgehead atoms. The molecule has 0 heterocycles. The van der Waals surface area contributed by atoms with Gasteiger partial charge in [-0.15, -0.1) is 0 Å². The first-order valence-electron chi connectivity index (χ1n) is 31.6. The summed E-state index contributed by atoms with van der Waals surface area (Å²) in [5.74, 6) is 0. The van der Waals surface area contributed by atoms with Gasteiger partial charge in [0.15, 0.2) is 0 Å². The van der Waals surface area contributed by atoms with Crippen LogP contribution in [0.15, 0.2) is 218 Å². The van der Waals surface area contributed by atoms with E-state index in [1.807, 2.05) is 0 Å². The fourth-order valence-corrected chi connectivity index (χ4v) is 11.5. The molecule has 0 unspecified atom stereocenters. The molecule has 0 saturated carbocycles. The predicted octanol–water partition coefficient (Wildman–Crippen LogP) is 20.7. The highest BCUT2D eigenvalue weighted by Gasteiger charge is 2.25. The average Bonchev–Trinajstić information content (AvgIpc) is 3.60. The molecule has 0 aliphatic heterocycles. The zero-order valence-electron chi connectivity index (χ0n) is 50.4. The Morgan fingerprint density at radius 1 is 0.195 bits per heavy atom. The Kier molecular flexibility index (Phi) is 22.0. The van der Waals surface area contributed by atoms with Crippen LogP contribution in [0.2, 0.25) is 0 Å². The van der Waals surface area contributed by atoms with E-state index in [2.05, 4.69) is 275 Å². The summed E-state index contributed by atoms with van der Waals surface area (Å²) in [5.41, 5.74) is 22.5. The van der Waals surface area contributed by atoms with Gasteiger partial charge in [-0.25, -0.2) is 0 Å². The van der Waals surface area contributed by atoms with Crippen LogP contribution in [-0.4, -0.2) is 6.71 Å². The van der Waals surface area contributed by atoms with Crippen LogP contribution in [0.3, 0.4) is 0 Å². The van der Waals surface area contributed by atoms with Crippen molar-refractivity contribution in [1.29, 1.82) is 0 Å². The maximum absolute atomic E-state index is 2.43. The molecular weight excluding hydrogens is 990 g/mol. The molecule has 420 valence electrons. The van der Waals surface area contributed by atoms with E-state index in [1.54, 1.807) is 0 Å². The van der Waals surface area contributed by atoms with Gasteiger partial charge in [0.1, 0.15) is 0 Å². The van der Waals surface area contributed by atoms with Crippen molar-refractivity contribution in [3.05, 3.63) is 252 Å². The Bertz CT molecular complexity index is 2740. The van der Waals surface area contributed by atoms with Crippen LogP contribution in [0.25, 0.3) is 0 Å². The monoisotopic (exact) mass is 1080 g/mol. The summed E-state index contributed by atoms with van der Waals surface area (Å²) in [7, 11) is 0. The third-order valence-corrected chi connectivity index (χ3v) is 16.5. The van der Waals surface area contributed by atoms with Gasteiger partial charge in [-0.2, -0.15) is 0 Å². The first kappa shape index (κ1) is 59.1. The van der Waals surface area contributed by atoms with Crippen LogP contribution in [0, 0.1) is 0 Å². The highest BCUT2D eigenvalue weighted by molar-refractivity contribution is 6.95. The molecule has 0 N–H and O–H groups in total. The molecule has 0 amide bonds. The van der Waals surface area contributed by atoms with Crippen LogP contribution in [-0.2, 0) is 38.5 Å². The quantitative estimate of drug-likeness (QED) is 0.0416. The summed E-state index contributed by atoms with van der Waals surface area (Å²) in [5, 5.41) is 0. The average molecular weight is 1080 g/mol. The molecule has 0 radical (unpaired) electrons. The lowest BCUT2D eigenvalue weighted by molar-refractivity contribution is 0.795. The van der Waals surface area contributed by atoms with E-state index in [-0.39, 0.29) is 6.71 Å². The summed E-state index contributed by atoms with van der Waals surface area (Å²) in [6.07, 6.45) is 21.0. The minimum Gasteiger partial charge on any atom is -0.311 e. The molecule has 0 saturated heterocycles. The van der Waals surface area contributed by atoms with Crippen molar-refractivity contribution >= 4 is 74.3 Å². The van der Waals surface area contributed by atoms with Crippen LogP contribution in [0.1, 0.15) is 152 Å². The number of unbranched alkanes of at least 4 members (excludes halogenated alkanes) is 6. The van der Waals surface area contributed by atoms with E-state index < -0.39 is 0 Å². The maximum atomic E-state index is 2.43. The minimum absolute atomic E-state index is 0.0328. The summed E-state index contributed by atoms with van der Waals surface area (Å²) >= 11 is 0. The third kappa shape index (κ3) is 15.5.